The summed E-state index contributed by atoms with van der Waals surface area (Å²) in [5, 5.41) is 0. The van der Waals surface area contributed by atoms with Crippen molar-refractivity contribution >= 4 is 23.1 Å². The van der Waals surface area contributed by atoms with Crippen molar-refractivity contribution in [2.45, 2.75) is 26.3 Å². The molecular weight excluding hydrogens is 334 g/mol. The molecule has 0 bridgehead atoms. The van der Waals surface area contributed by atoms with E-state index in [1.807, 2.05) is 49.4 Å². The zero-order valence-corrected chi connectivity index (χ0v) is 15.7. The maximum absolute atomic E-state index is 13.2. The van der Waals surface area contributed by atoms with Crippen molar-refractivity contribution in [2.75, 3.05) is 16.3 Å². The van der Waals surface area contributed by atoms with Crippen LogP contribution in [-0.2, 0) is 6.42 Å². The standard InChI is InChI=1S/C23H23N3O/c1-3-25(20-10-5-4-6-11-20)23(27)19-13-14-24-22(16-19)26-17(2)15-18-9-7-8-12-21(18)26/h4-14,16-17H,3,15H2,1-2H3. The number of benzene rings is 2. The van der Waals surface area contributed by atoms with Gasteiger partial charge in [-0.25, -0.2) is 4.98 Å². The van der Waals surface area contributed by atoms with Gasteiger partial charge in [0.15, 0.2) is 0 Å². The first-order valence-corrected chi connectivity index (χ1v) is 9.39. The predicted molar refractivity (Wildman–Crippen MR) is 110 cm³/mol. The number of nitrogens with zero attached hydrogens (tertiary/aromatic N) is 3. The Hall–Kier alpha value is -3.14. The summed E-state index contributed by atoms with van der Waals surface area (Å²) in [5.74, 6) is 0.815. The SMILES string of the molecule is CCN(C(=O)c1ccnc(N2c3ccccc3CC2C)c1)c1ccccc1. The zero-order chi connectivity index (χ0) is 18.8. The van der Waals surface area contributed by atoms with Crippen LogP contribution in [0.4, 0.5) is 17.2 Å². The van der Waals surface area contributed by atoms with Gasteiger partial charge in [-0.2, -0.15) is 0 Å². The van der Waals surface area contributed by atoms with E-state index in [0.29, 0.717) is 18.2 Å². The molecule has 1 unspecified atom stereocenters. The van der Waals surface area contributed by atoms with E-state index in [1.54, 1.807) is 17.2 Å². The van der Waals surface area contributed by atoms with Crippen LogP contribution in [0.1, 0.15) is 29.8 Å². The average molecular weight is 357 g/mol. The van der Waals surface area contributed by atoms with E-state index in [4.69, 9.17) is 0 Å². The van der Waals surface area contributed by atoms with Gasteiger partial charge in [0.2, 0.25) is 0 Å². The van der Waals surface area contributed by atoms with Crippen LogP contribution < -0.4 is 9.80 Å². The molecule has 0 fully saturated rings. The van der Waals surface area contributed by atoms with Crippen LogP contribution in [0.3, 0.4) is 0 Å². The van der Waals surface area contributed by atoms with E-state index >= 15 is 0 Å². The highest BCUT2D eigenvalue weighted by Gasteiger charge is 2.28. The van der Waals surface area contributed by atoms with Gasteiger partial charge in [0.05, 0.1) is 0 Å². The van der Waals surface area contributed by atoms with Gasteiger partial charge in [0, 0.05) is 35.7 Å². The Morgan fingerprint density at radius 2 is 1.85 bits per heavy atom. The first kappa shape index (κ1) is 17.3. The molecule has 3 aromatic rings. The third kappa shape index (κ3) is 3.19. The van der Waals surface area contributed by atoms with Crippen LogP contribution in [0, 0.1) is 0 Å². The van der Waals surface area contributed by atoms with Crippen LogP contribution >= 0.6 is 0 Å². The van der Waals surface area contributed by atoms with Crippen molar-refractivity contribution in [3.63, 3.8) is 0 Å². The third-order valence-electron chi connectivity index (χ3n) is 5.08. The van der Waals surface area contributed by atoms with Crippen LogP contribution in [-0.4, -0.2) is 23.5 Å². The predicted octanol–water partition coefficient (Wildman–Crippen LogP) is 4.83. The number of rotatable bonds is 4. The molecule has 0 spiro atoms. The Bertz CT molecular complexity index is 955. The molecule has 1 aliphatic rings. The lowest BCUT2D eigenvalue weighted by Crippen LogP contribution is -2.31. The molecular formula is C23H23N3O. The topological polar surface area (TPSA) is 36.4 Å². The van der Waals surface area contributed by atoms with E-state index in [2.05, 4.69) is 35.0 Å². The molecule has 0 saturated carbocycles. The molecule has 4 heteroatoms. The highest BCUT2D eigenvalue weighted by Crippen LogP contribution is 2.37. The molecule has 27 heavy (non-hydrogen) atoms. The Labute approximate surface area is 160 Å². The molecule has 1 aromatic heterocycles. The summed E-state index contributed by atoms with van der Waals surface area (Å²) in [5.41, 5.74) is 4.06. The number of carbonyl (C=O) groups excluding carboxylic acids is 1. The summed E-state index contributed by atoms with van der Waals surface area (Å²) in [6.45, 7) is 4.80. The number of fused-ring (bicyclic) bond motifs is 1. The molecule has 1 amide bonds. The van der Waals surface area contributed by atoms with Gasteiger partial charge in [-0.05, 0) is 56.2 Å². The molecule has 1 aliphatic heterocycles. The quantitative estimate of drug-likeness (QED) is 0.671. The van der Waals surface area contributed by atoms with E-state index in [0.717, 1.165) is 17.9 Å². The molecule has 136 valence electrons. The molecule has 2 aromatic carbocycles. The van der Waals surface area contributed by atoms with Gasteiger partial charge in [0.25, 0.3) is 5.91 Å². The van der Waals surface area contributed by atoms with Gasteiger partial charge >= 0.3 is 0 Å². The minimum Gasteiger partial charge on any atom is -0.323 e. The molecule has 4 nitrogen and oxygen atoms in total. The summed E-state index contributed by atoms with van der Waals surface area (Å²) in [6.07, 6.45) is 2.72. The number of amides is 1. The lowest BCUT2D eigenvalue weighted by molar-refractivity contribution is 0.0988. The molecule has 0 radical (unpaired) electrons. The largest absolute Gasteiger partial charge is 0.323 e. The van der Waals surface area contributed by atoms with E-state index < -0.39 is 0 Å². The van der Waals surface area contributed by atoms with Gasteiger partial charge < -0.3 is 9.80 Å². The van der Waals surface area contributed by atoms with Crippen LogP contribution in [0.5, 0.6) is 0 Å². The Kier molecular flexibility index (Phi) is 4.63. The van der Waals surface area contributed by atoms with Crippen molar-refractivity contribution in [3.05, 3.63) is 84.1 Å². The fourth-order valence-electron chi connectivity index (χ4n) is 3.81. The highest BCUT2D eigenvalue weighted by atomic mass is 16.2. The molecule has 4 rings (SSSR count). The smallest absolute Gasteiger partial charge is 0.258 e. The average Bonchev–Trinajstić information content (AvgIpc) is 3.05. The van der Waals surface area contributed by atoms with Gasteiger partial charge in [-0.15, -0.1) is 0 Å². The maximum Gasteiger partial charge on any atom is 0.258 e. The lowest BCUT2D eigenvalue weighted by Gasteiger charge is -2.25. The van der Waals surface area contributed by atoms with Gasteiger partial charge in [-0.1, -0.05) is 36.4 Å². The summed E-state index contributed by atoms with van der Waals surface area (Å²) in [7, 11) is 0. The highest BCUT2D eigenvalue weighted by molar-refractivity contribution is 6.06. The third-order valence-corrected chi connectivity index (χ3v) is 5.08. The van der Waals surface area contributed by atoms with Crippen molar-refractivity contribution < 1.29 is 4.79 Å². The summed E-state index contributed by atoms with van der Waals surface area (Å²) >= 11 is 0. The fraction of sp³-hybridized carbons (Fsp3) is 0.217. The molecule has 0 N–H and O–H groups in total. The normalized spacial score (nSPS) is 15.5. The van der Waals surface area contributed by atoms with E-state index in [1.165, 1.54) is 11.3 Å². The maximum atomic E-state index is 13.2. The molecule has 0 saturated heterocycles. The van der Waals surface area contributed by atoms with Crippen molar-refractivity contribution in [1.29, 1.82) is 0 Å². The van der Waals surface area contributed by atoms with Gasteiger partial charge in [0.1, 0.15) is 5.82 Å². The number of pyridine rings is 1. The lowest BCUT2D eigenvalue weighted by atomic mass is 10.1. The van der Waals surface area contributed by atoms with E-state index in [-0.39, 0.29) is 5.91 Å². The monoisotopic (exact) mass is 357 g/mol. The van der Waals surface area contributed by atoms with Crippen molar-refractivity contribution in [1.82, 2.24) is 4.98 Å². The zero-order valence-electron chi connectivity index (χ0n) is 15.7. The first-order chi connectivity index (χ1) is 13.2. The van der Waals surface area contributed by atoms with Crippen LogP contribution in [0.15, 0.2) is 72.9 Å². The number of carbonyl (C=O) groups is 1. The van der Waals surface area contributed by atoms with Crippen molar-refractivity contribution in [3.8, 4) is 0 Å². The second kappa shape index (κ2) is 7.23. The minimum atomic E-state index is -0.00696. The number of hydrogen-bond acceptors (Lipinski definition) is 3. The summed E-state index contributed by atoms with van der Waals surface area (Å²) < 4.78 is 0. The second-order valence-corrected chi connectivity index (χ2v) is 6.84. The minimum absolute atomic E-state index is 0.00696. The second-order valence-electron chi connectivity index (χ2n) is 6.84. The fourth-order valence-corrected chi connectivity index (χ4v) is 3.81. The first-order valence-electron chi connectivity index (χ1n) is 9.39. The Morgan fingerprint density at radius 3 is 2.63 bits per heavy atom. The Balaban J connectivity index is 1.68. The van der Waals surface area contributed by atoms with Crippen molar-refractivity contribution in [2.24, 2.45) is 0 Å². The molecule has 2 heterocycles. The van der Waals surface area contributed by atoms with Gasteiger partial charge in [-0.3, -0.25) is 4.79 Å². The summed E-state index contributed by atoms with van der Waals surface area (Å²) in [4.78, 5) is 21.7. The number of aromatic nitrogens is 1. The summed E-state index contributed by atoms with van der Waals surface area (Å²) in [6, 6.07) is 22.2. The van der Waals surface area contributed by atoms with Crippen LogP contribution in [0.2, 0.25) is 0 Å². The molecule has 0 aliphatic carbocycles. The van der Waals surface area contributed by atoms with Crippen LogP contribution in [0.25, 0.3) is 0 Å². The van der Waals surface area contributed by atoms with E-state index in [9.17, 15) is 4.79 Å². The Morgan fingerprint density at radius 1 is 1.11 bits per heavy atom. The number of anilines is 3. The number of hydrogen-bond donors (Lipinski definition) is 0. The number of para-hydroxylation sites is 2. The molecule has 1 atom stereocenters.